The van der Waals surface area contributed by atoms with Crippen LogP contribution in [0, 0.1) is 5.82 Å². The largest absolute Gasteiger partial charge is 0.335 e. The van der Waals surface area contributed by atoms with E-state index >= 15 is 0 Å². The molecule has 128 valence electrons. The second kappa shape index (κ2) is 8.55. The Hall–Kier alpha value is -1.27. The van der Waals surface area contributed by atoms with Crippen molar-refractivity contribution in [3.8, 4) is 0 Å². The van der Waals surface area contributed by atoms with Crippen LogP contribution in [0.2, 0.25) is 0 Å². The van der Waals surface area contributed by atoms with Gasteiger partial charge < -0.3 is 15.5 Å². The monoisotopic (exact) mass is 339 g/mol. The molecule has 1 aromatic carbocycles. The third-order valence-corrected chi connectivity index (χ3v) is 5.20. The van der Waals surface area contributed by atoms with E-state index in [-0.39, 0.29) is 17.9 Å². The number of carbonyl (C=O) groups is 1. The first-order valence-electron chi connectivity index (χ1n) is 7.97. The van der Waals surface area contributed by atoms with Crippen molar-refractivity contribution in [2.75, 3.05) is 20.4 Å². The molecule has 0 saturated heterocycles. The number of rotatable bonds is 6. The highest BCUT2D eigenvalue weighted by molar-refractivity contribution is 7.99. The fourth-order valence-electron chi connectivity index (χ4n) is 2.90. The van der Waals surface area contributed by atoms with Gasteiger partial charge in [-0.05, 0) is 57.3 Å². The zero-order chi connectivity index (χ0) is 16.8. The van der Waals surface area contributed by atoms with E-state index in [1.54, 1.807) is 6.07 Å². The van der Waals surface area contributed by atoms with Gasteiger partial charge in [0, 0.05) is 29.9 Å². The van der Waals surface area contributed by atoms with Crippen LogP contribution in [0.3, 0.4) is 0 Å². The molecule has 0 radical (unpaired) electrons. The van der Waals surface area contributed by atoms with Crippen LogP contribution in [-0.2, 0) is 13.1 Å². The molecule has 0 aliphatic heterocycles. The van der Waals surface area contributed by atoms with Gasteiger partial charge in [-0.15, -0.1) is 0 Å². The molecule has 0 unspecified atom stereocenters. The van der Waals surface area contributed by atoms with Crippen LogP contribution in [0.25, 0.3) is 0 Å². The molecule has 1 aliphatic carbocycles. The van der Waals surface area contributed by atoms with Gasteiger partial charge in [-0.25, -0.2) is 9.18 Å². The molecule has 2 amide bonds. The Morgan fingerprint density at radius 1 is 1.39 bits per heavy atom. The molecule has 2 atom stereocenters. The average molecular weight is 339 g/mol. The van der Waals surface area contributed by atoms with Gasteiger partial charge in [0.25, 0.3) is 0 Å². The fraction of sp³-hybridized carbons (Fsp3) is 0.588. The second-order valence-corrected chi connectivity index (χ2v) is 7.50. The molecule has 6 heteroatoms. The molecule has 0 heterocycles. The van der Waals surface area contributed by atoms with Crippen LogP contribution in [0.15, 0.2) is 18.2 Å². The van der Waals surface area contributed by atoms with E-state index in [9.17, 15) is 9.18 Å². The molecule has 1 saturated carbocycles. The number of nitrogens with zero attached hydrogens (tertiary/aromatic N) is 1. The maximum Gasteiger partial charge on any atom is 0.315 e. The van der Waals surface area contributed by atoms with Crippen LogP contribution in [0.5, 0.6) is 0 Å². The number of urea groups is 1. The van der Waals surface area contributed by atoms with Crippen molar-refractivity contribution in [1.29, 1.82) is 0 Å². The molecule has 1 aliphatic rings. The van der Waals surface area contributed by atoms with E-state index in [1.807, 2.05) is 36.8 Å². The number of thioether (sulfide) groups is 1. The molecular formula is C17H26FN3OS. The Kier molecular flexibility index (Phi) is 6.72. The summed E-state index contributed by atoms with van der Waals surface area (Å²) in [7, 11) is 3.81. The standard InChI is InChI=1S/C17H26FN3OS/c1-21(2)11-13-8-12(4-7-16(13)18)10-19-17(22)20-14-5-6-15(9-14)23-3/h4,7-8,14-15H,5-6,9-11H2,1-3H3,(H2,19,20,22)/t14-,15-/m0/s1. The van der Waals surface area contributed by atoms with Crippen molar-refractivity contribution in [2.45, 2.75) is 43.6 Å². The first-order valence-corrected chi connectivity index (χ1v) is 9.26. The summed E-state index contributed by atoms with van der Waals surface area (Å²) < 4.78 is 13.7. The van der Waals surface area contributed by atoms with E-state index in [4.69, 9.17) is 0 Å². The van der Waals surface area contributed by atoms with Gasteiger partial charge >= 0.3 is 6.03 Å². The summed E-state index contributed by atoms with van der Waals surface area (Å²) in [6.07, 6.45) is 5.37. The highest BCUT2D eigenvalue weighted by Gasteiger charge is 2.24. The number of nitrogens with one attached hydrogen (secondary N) is 2. The minimum absolute atomic E-state index is 0.143. The number of hydrogen-bond acceptors (Lipinski definition) is 3. The summed E-state index contributed by atoms with van der Waals surface area (Å²) in [6, 6.07) is 5.12. The number of amides is 2. The summed E-state index contributed by atoms with van der Waals surface area (Å²) in [4.78, 5) is 13.9. The molecule has 0 spiro atoms. The lowest BCUT2D eigenvalue weighted by molar-refractivity contribution is 0.236. The van der Waals surface area contributed by atoms with E-state index in [0.29, 0.717) is 23.9 Å². The van der Waals surface area contributed by atoms with E-state index < -0.39 is 0 Å². The van der Waals surface area contributed by atoms with Gasteiger partial charge in [0.1, 0.15) is 5.82 Å². The summed E-state index contributed by atoms with van der Waals surface area (Å²) in [6.45, 7) is 0.954. The summed E-state index contributed by atoms with van der Waals surface area (Å²) >= 11 is 1.87. The van der Waals surface area contributed by atoms with E-state index in [2.05, 4.69) is 16.9 Å². The third-order valence-electron chi connectivity index (χ3n) is 4.10. The van der Waals surface area contributed by atoms with Gasteiger partial charge in [-0.2, -0.15) is 11.8 Å². The maximum absolute atomic E-state index is 13.7. The maximum atomic E-state index is 13.7. The molecule has 0 bridgehead atoms. The minimum Gasteiger partial charge on any atom is -0.335 e. The van der Waals surface area contributed by atoms with E-state index in [1.165, 1.54) is 6.07 Å². The smallest absolute Gasteiger partial charge is 0.315 e. The second-order valence-electron chi connectivity index (χ2n) is 6.36. The normalized spacial score (nSPS) is 20.7. The van der Waals surface area contributed by atoms with Gasteiger partial charge in [-0.3, -0.25) is 0 Å². The predicted molar refractivity (Wildman–Crippen MR) is 94.1 cm³/mol. The third kappa shape index (κ3) is 5.70. The zero-order valence-corrected chi connectivity index (χ0v) is 14.9. The molecule has 2 rings (SSSR count). The summed E-state index contributed by atoms with van der Waals surface area (Å²) in [5.41, 5.74) is 1.56. The van der Waals surface area contributed by atoms with E-state index in [0.717, 1.165) is 24.8 Å². The zero-order valence-electron chi connectivity index (χ0n) is 14.1. The molecule has 0 aromatic heterocycles. The lowest BCUT2D eigenvalue weighted by Gasteiger charge is -2.15. The Morgan fingerprint density at radius 2 is 2.17 bits per heavy atom. The number of hydrogen-bond donors (Lipinski definition) is 2. The first kappa shape index (κ1) is 18.1. The minimum atomic E-state index is -0.207. The molecule has 1 fully saturated rings. The number of benzene rings is 1. The molecule has 1 aromatic rings. The van der Waals surface area contributed by atoms with Gasteiger partial charge in [0.2, 0.25) is 0 Å². The van der Waals surface area contributed by atoms with Crippen molar-refractivity contribution in [3.63, 3.8) is 0 Å². The predicted octanol–water partition coefficient (Wildman–Crippen LogP) is 2.97. The number of carbonyl (C=O) groups excluding carboxylic acids is 1. The number of halogens is 1. The van der Waals surface area contributed by atoms with Crippen LogP contribution < -0.4 is 10.6 Å². The van der Waals surface area contributed by atoms with Crippen molar-refractivity contribution < 1.29 is 9.18 Å². The Bertz CT molecular complexity index is 539. The topological polar surface area (TPSA) is 44.4 Å². The van der Waals surface area contributed by atoms with Gasteiger partial charge in [0.15, 0.2) is 0 Å². The average Bonchev–Trinajstić information content (AvgIpc) is 2.95. The van der Waals surface area contributed by atoms with Gasteiger partial charge in [-0.1, -0.05) is 6.07 Å². The van der Waals surface area contributed by atoms with Crippen molar-refractivity contribution in [3.05, 3.63) is 35.1 Å². The lowest BCUT2D eigenvalue weighted by Crippen LogP contribution is -2.40. The highest BCUT2D eigenvalue weighted by Crippen LogP contribution is 2.28. The molecule has 23 heavy (non-hydrogen) atoms. The SMILES string of the molecule is CS[C@H]1CC[C@H](NC(=O)NCc2ccc(F)c(CN(C)C)c2)C1. The van der Waals surface area contributed by atoms with Crippen LogP contribution >= 0.6 is 11.8 Å². The quantitative estimate of drug-likeness (QED) is 0.837. The molecular weight excluding hydrogens is 313 g/mol. The van der Waals surface area contributed by atoms with Crippen molar-refractivity contribution in [2.24, 2.45) is 0 Å². The summed E-state index contributed by atoms with van der Waals surface area (Å²) in [5, 5.41) is 6.55. The lowest BCUT2D eigenvalue weighted by atomic mass is 10.1. The highest BCUT2D eigenvalue weighted by atomic mass is 32.2. The van der Waals surface area contributed by atoms with Crippen molar-refractivity contribution >= 4 is 17.8 Å². The molecule has 4 nitrogen and oxygen atoms in total. The Balaban J connectivity index is 1.82. The first-order chi connectivity index (χ1) is 11.0. The van der Waals surface area contributed by atoms with Crippen LogP contribution in [-0.4, -0.2) is 42.6 Å². The molecule has 2 N–H and O–H groups in total. The van der Waals surface area contributed by atoms with Crippen molar-refractivity contribution in [1.82, 2.24) is 15.5 Å². The van der Waals surface area contributed by atoms with Crippen LogP contribution in [0.1, 0.15) is 30.4 Å². The Labute approximate surface area is 142 Å². The fourth-order valence-corrected chi connectivity index (χ4v) is 3.70. The Morgan fingerprint density at radius 3 is 2.83 bits per heavy atom. The van der Waals surface area contributed by atoms with Crippen LogP contribution in [0.4, 0.5) is 9.18 Å². The summed E-state index contributed by atoms with van der Waals surface area (Å²) in [5.74, 6) is -0.207. The van der Waals surface area contributed by atoms with Gasteiger partial charge in [0.05, 0.1) is 0 Å².